The van der Waals surface area contributed by atoms with E-state index in [0.717, 1.165) is 16.7 Å². The van der Waals surface area contributed by atoms with Gasteiger partial charge in [-0.2, -0.15) is 5.10 Å². The van der Waals surface area contributed by atoms with Gasteiger partial charge in [0.15, 0.2) is 6.61 Å². The summed E-state index contributed by atoms with van der Waals surface area (Å²) in [6, 6.07) is 8.15. The van der Waals surface area contributed by atoms with Crippen molar-refractivity contribution >= 4 is 29.4 Å². The van der Waals surface area contributed by atoms with Crippen LogP contribution in [0.5, 0.6) is 5.75 Å². The predicted molar refractivity (Wildman–Crippen MR) is 100.0 cm³/mol. The van der Waals surface area contributed by atoms with E-state index in [1.807, 2.05) is 32.9 Å². The molecule has 1 amide bonds. The Morgan fingerprint density at radius 2 is 1.96 bits per heavy atom. The van der Waals surface area contributed by atoms with Crippen LogP contribution in [0.4, 0.5) is 5.69 Å². The second-order valence-corrected chi connectivity index (χ2v) is 6.11. The maximum absolute atomic E-state index is 11.9. The van der Waals surface area contributed by atoms with E-state index in [1.54, 1.807) is 6.07 Å². The average Bonchev–Trinajstić information content (AvgIpc) is 2.59. The lowest BCUT2D eigenvalue weighted by Gasteiger charge is -2.13. The Labute approximate surface area is 155 Å². The molecule has 2 rings (SSSR count). The third-order valence-electron chi connectivity index (χ3n) is 3.79. The Morgan fingerprint density at radius 3 is 2.65 bits per heavy atom. The number of carbonyl (C=O) groups excluding carboxylic acids is 1. The number of amides is 1. The highest BCUT2D eigenvalue weighted by atomic mass is 35.5. The molecule has 136 valence electrons. The number of hydrazone groups is 1. The standard InChI is InChI=1S/C18H18ClN3O4/c1-11-4-5-12(2)18(13(11)3)26-10-17(23)21-20-9-14-6-7-15(19)16(8-14)22(24)25/h4-9H,10H2,1-3H3,(H,21,23)/b20-9+. The first-order chi connectivity index (χ1) is 12.3. The predicted octanol–water partition coefficient (Wildman–Crippen LogP) is 3.70. The minimum atomic E-state index is -0.585. The van der Waals surface area contributed by atoms with E-state index < -0.39 is 10.8 Å². The Bertz CT molecular complexity index is 881. The van der Waals surface area contributed by atoms with E-state index >= 15 is 0 Å². The highest BCUT2D eigenvalue weighted by molar-refractivity contribution is 6.32. The third-order valence-corrected chi connectivity index (χ3v) is 4.11. The number of rotatable bonds is 6. The molecule has 8 heteroatoms. The molecule has 0 aliphatic rings. The fourth-order valence-electron chi connectivity index (χ4n) is 2.25. The first kappa shape index (κ1) is 19.4. The molecular weight excluding hydrogens is 358 g/mol. The van der Waals surface area contributed by atoms with Gasteiger partial charge in [0, 0.05) is 11.6 Å². The summed E-state index contributed by atoms with van der Waals surface area (Å²) < 4.78 is 5.59. The summed E-state index contributed by atoms with van der Waals surface area (Å²) in [5.41, 5.74) is 5.53. The minimum absolute atomic E-state index is 0.0356. The molecule has 0 spiro atoms. The van der Waals surface area contributed by atoms with Gasteiger partial charge in [0.25, 0.3) is 11.6 Å². The smallest absolute Gasteiger partial charge is 0.288 e. The molecule has 2 aromatic rings. The van der Waals surface area contributed by atoms with E-state index in [-0.39, 0.29) is 17.3 Å². The number of carbonyl (C=O) groups is 1. The molecule has 0 fully saturated rings. The molecule has 0 unspecified atom stereocenters. The fourth-order valence-corrected chi connectivity index (χ4v) is 2.43. The summed E-state index contributed by atoms with van der Waals surface area (Å²) in [4.78, 5) is 22.1. The molecule has 0 heterocycles. The Balaban J connectivity index is 1.95. The SMILES string of the molecule is Cc1ccc(C)c(OCC(=O)N/N=C/c2ccc(Cl)c([N+](=O)[O-])c2)c1C. The van der Waals surface area contributed by atoms with Crippen LogP contribution in [-0.2, 0) is 4.79 Å². The monoisotopic (exact) mass is 375 g/mol. The van der Waals surface area contributed by atoms with Crippen molar-refractivity contribution in [3.8, 4) is 5.75 Å². The summed E-state index contributed by atoms with van der Waals surface area (Å²) in [6.07, 6.45) is 1.30. The van der Waals surface area contributed by atoms with Crippen molar-refractivity contribution in [2.24, 2.45) is 5.10 Å². The van der Waals surface area contributed by atoms with Crippen molar-refractivity contribution in [3.63, 3.8) is 0 Å². The Morgan fingerprint density at radius 1 is 1.27 bits per heavy atom. The molecular formula is C18H18ClN3O4. The van der Waals surface area contributed by atoms with E-state index in [1.165, 1.54) is 18.3 Å². The number of nitro groups is 1. The molecule has 0 atom stereocenters. The number of benzene rings is 2. The van der Waals surface area contributed by atoms with Crippen molar-refractivity contribution in [3.05, 3.63) is 67.7 Å². The summed E-state index contributed by atoms with van der Waals surface area (Å²) in [6.45, 7) is 5.62. The van der Waals surface area contributed by atoms with Crippen molar-refractivity contribution in [2.45, 2.75) is 20.8 Å². The number of hydrogen-bond donors (Lipinski definition) is 1. The van der Waals surface area contributed by atoms with Gasteiger partial charge in [0.1, 0.15) is 10.8 Å². The lowest BCUT2D eigenvalue weighted by atomic mass is 10.1. The summed E-state index contributed by atoms with van der Waals surface area (Å²) in [7, 11) is 0. The largest absolute Gasteiger partial charge is 0.483 e. The lowest BCUT2D eigenvalue weighted by molar-refractivity contribution is -0.384. The molecule has 0 radical (unpaired) electrons. The van der Waals surface area contributed by atoms with Crippen LogP contribution in [0.2, 0.25) is 5.02 Å². The first-order valence-electron chi connectivity index (χ1n) is 7.75. The van der Waals surface area contributed by atoms with Crippen LogP contribution in [0.25, 0.3) is 0 Å². The van der Waals surface area contributed by atoms with Gasteiger partial charge in [0.2, 0.25) is 0 Å². The van der Waals surface area contributed by atoms with Crippen LogP contribution >= 0.6 is 11.6 Å². The third kappa shape index (κ3) is 4.80. The number of nitrogens with one attached hydrogen (secondary N) is 1. The first-order valence-corrected chi connectivity index (χ1v) is 8.13. The highest BCUT2D eigenvalue weighted by Crippen LogP contribution is 2.26. The van der Waals surface area contributed by atoms with E-state index in [9.17, 15) is 14.9 Å². The highest BCUT2D eigenvalue weighted by Gasteiger charge is 2.12. The van der Waals surface area contributed by atoms with Crippen molar-refractivity contribution in [2.75, 3.05) is 6.61 Å². The van der Waals surface area contributed by atoms with Gasteiger partial charge in [-0.3, -0.25) is 14.9 Å². The van der Waals surface area contributed by atoms with E-state index in [2.05, 4.69) is 10.5 Å². The normalized spacial score (nSPS) is 10.8. The molecule has 26 heavy (non-hydrogen) atoms. The van der Waals surface area contributed by atoms with Gasteiger partial charge in [-0.15, -0.1) is 0 Å². The van der Waals surface area contributed by atoms with Gasteiger partial charge >= 0.3 is 0 Å². The van der Waals surface area contributed by atoms with Gasteiger partial charge < -0.3 is 4.74 Å². The molecule has 0 bridgehead atoms. The minimum Gasteiger partial charge on any atom is -0.483 e. The summed E-state index contributed by atoms with van der Waals surface area (Å²) in [5.74, 6) is 0.238. The lowest BCUT2D eigenvalue weighted by Crippen LogP contribution is -2.25. The number of nitro benzene ring substituents is 1. The van der Waals surface area contributed by atoms with Crippen molar-refractivity contribution in [1.29, 1.82) is 0 Å². The number of hydrogen-bond acceptors (Lipinski definition) is 5. The number of halogens is 1. The summed E-state index contributed by atoms with van der Waals surface area (Å²) >= 11 is 5.74. The zero-order valence-electron chi connectivity index (χ0n) is 14.6. The van der Waals surface area contributed by atoms with Gasteiger partial charge in [-0.25, -0.2) is 5.43 Å². The van der Waals surface area contributed by atoms with E-state index in [4.69, 9.17) is 16.3 Å². The Hall–Kier alpha value is -2.93. The second kappa shape index (κ2) is 8.44. The number of aryl methyl sites for hydroxylation is 2. The Kier molecular flexibility index (Phi) is 6.30. The molecule has 0 saturated carbocycles. The van der Waals surface area contributed by atoms with Crippen LogP contribution in [0.15, 0.2) is 35.4 Å². The van der Waals surface area contributed by atoms with Crippen LogP contribution in [0, 0.1) is 30.9 Å². The topological polar surface area (TPSA) is 93.8 Å². The number of ether oxygens (including phenoxy) is 1. The average molecular weight is 376 g/mol. The van der Waals surface area contributed by atoms with Crippen molar-refractivity contribution < 1.29 is 14.5 Å². The molecule has 0 aromatic heterocycles. The molecule has 7 nitrogen and oxygen atoms in total. The molecule has 0 saturated heterocycles. The zero-order valence-corrected chi connectivity index (χ0v) is 15.3. The second-order valence-electron chi connectivity index (χ2n) is 5.70. The van der Waals surface area contributed by atoms with Crippen LogP contribution in [0.1, 0.15) is 22.3 Å². The fraction of sp³-hybridized carbons (Fsp3) is 0.222. The quantitative estimate of drug-likeness (QED) is 0.473. The number of nitrogens with zero attached hydrogens (tertiary/aromatic N) is 2. The van der Waals surface area contributed by atoms with E-state index in [0.29, 0.717) is 11.3 Å². The summed E-state index contributed by atoms with van der Waals surface area (Å²) in [5, 5.41) is 14.7. The maximum atomic E-state index is 11.9. The van der Waals surface area contributed by atoms with Gasteiger partial charge in [0.05, 0.1) is 11.1 Å². The zero-order chi connectivity index (χ0) is 19.3. The van der Waals surface area contributed by atoms with Crippen LogP contribution in [0.3, 0.4) is 0 Å². The molecule has 1 N–H and O–H groups in total. The maximum Gasteiger partial charge on any atom is 0.288 e. The molecule has 0 aliphatic carbocycles. The molecule has 2 aromatic carbocycles. The van der Waals surface area contributed by atoms with Crippen molar-refractivity contribution in [1.82, 2.24) is 5.43 Å². The molecule has 0 aliphatic heterocycles. The van der Waals surface area contributed by atoms with Gasteiger partial charge in [-0.05, 0) is 43.5 Å². The van der Waals surface area contributed by atoms with Crippen LogP contribution in [-0.4, -0.2) is 23.7 Å². The van der Waals surface area contributed by atoms with Gasteiger partial charge in [-0.1, -0.05) is 29.8 Å². The van der Waals surface area contributed by atoms with Crippen LogP contribution < -0.4 is 10.2 Å².